The van der Waals surface area contributed by atoms with E-state index in [1.807, 2.05) is 12.1 Å². The Morgan fingerprint density at radius 3 is 2.75 bits per heavy atom. The van der Waals surface area contributed by atoms with Crippen LogP contribution >= 0.6 is 0 Å². The minimum atomic E-state index is 0.699. The van der Waals surface area contributed by atoms with E-state index in [2.05, 4.69) is 42.2 Å². The molecule has 0 fully saturated rings. The molecule has 0 aromatic heterocycles. The van der Waals surface area contributed by atoms with Crippen molar-refractivity contribution in [3.05, 3.63) is 48.0 Å². The molecular weight excluding hydrogens is 248 g/mol. The average molecular weight is 268 g/mol. The van der Waals surface area contributed by atoms with E-state index >= 15 is 0 Å². The maximum absolute atomic E-state index is 6.29. The number of nitrogens with two attached hydrogens (primary N) is 1. The molecule has 3 rings (SSSR count). The van der Waals surface area contributed by atoms with E-state index in [-0.39, 0.29) is 0 Å². The Labute approximate surface area is 120 Å². The fraction of sp³-hybridized carbons (Fsp3) is 0.294. The van der Waals surface area contributed by atoms with E-state index < -0.39 is 0 Å². The Bertz CT molecular complexity index is 610. The summed E-state index contributed by atoms with van der Waals surface area (Å²) in [5.74, 6) is 0.786. The molecule has 104 valence electrons. The summed E-state index contributed by atoms with van der Waals surface area (Å²) in [4.78, 5) is 2.28. The second-order valence-electron chi connectivity index (χ2n) is 5.07. The first-order valence-electron chi connectivity index (χ1n) is 7.18. The minimum Gasteiger partial charge on any atom is -0.491 e. The largest absolute Gasteiger partial charge is 0.491 e. The number of hydrogen-bond donors (Lipinski definition) is 1. The molecule has 20 heavy (non-hydrogen) atoms. The van der Waals surface area contributed by atoms with Crippen molar-refractivity contribution in [3.63, 3.8) is 0 Å². The highest BCUT2D eigenvalue weighted by atomic mass is 16.5. The molecule has 2 aromatic carbocycles. The van der Waals surface area contributed by atoms with Gasteiger partial charge in [-0.05, 0) is 36.6 Å². The standard InChI is InChI=1S/C17H20N2O/c1-2-12-20-16-9-5-8-15(17(16)18)19-11-10-13-6-3-4-7-14(13)19/h3-9H,2,10-12,18H2,1H3. The SMILES string of the molecule is CCCOc1cccc(N2CCc3ccccc32)c1N. The first-order valence-corrected chi connectivity index (χ1v) is 7.18. The summed E-state index contributed by atoms with van der Waals surface area (Å²) >= 11 is 0. The van der Waals surface area contributed by atoms with Gasteiger partial charge in [0.2, 0.25) is 0 Å². The molecule has 0 bridgehead atoms. The number of hydrogen-bond acceptors (Lipinski definition) is 3. The third kappa shape index (κ3) is 2.20. The number of nitrogen functional groups attached to an aromatic ring is 1. The predicted octanol–water partition coefficient (Wildman–Crippen LogP) is 3.75. The molecule has 3 nitrogen and oxygen atoms in total. The third-order valence-electron chi connectivity index (χ3n) is 3.68. The quantitative estimate of drug-likeness (QED) is 0.858. The van der Waals surface area contributed by atoms with Crippen LogP contribution in [0, 0.1) is 0 Å². The number of para-hydroxylation sites is 2. The molecule has 0 aliphatic carbocycles. The van der Waals surface area contributed by atoms with E-state index in [1.54, 1.807) is 0 Å². The smallest absolute Gasteiger partial charge is 0.144 e. The molecule has 2 N–H and O–H groups in total. The molecule has 0 amide bonds. The summed E-state index contributed by atoms with van der Waals surface area (Å²) in [7, 11) is 0. The molecule has 1 aliphatic rings. The van der Waals surface area contributed by atoms with Crippen LogP contribution in [-0.4, -0.2) is 13.2 Å². The van der Waals surface area contributed by atoms with Crippen LogP contribution in [0.25, 0.3) is 0 Å². The van der Waals surface area contributed by atoms with Crippen LogP contribution in [0.3, 0.4) is 0 Å². The van der Waals surface area contributed by atoms with Crippen molar-refractivity contribution in [2.24, 2.45) is 0 Å². The van der Waals surface area contributed by atoms with Gasteiger partial charge in [-0.2, -0.15) is 0 Å². The molecule has 1 heterocycles. The van der Waals surface area contributed by atoms with Crippen molar-refractivity contribution >= 4 is 17.1 Å². The van der Waals surface area contributed by atoms with Crippen molar-refractivity contribution in [1.82, 2.24) is 0 Å². The molecule has 0 saturated heterocycles. The van der Waals surface area contributed by atoms with Crippen LogP contribution in [0.4, 0.5) is 17.1 Å². The van der Waals surface area contributed by atoms with Crippen LogP contribution in [0.15, 0.2) is 42.5 Å². The number of benzene rings is 2. The zero-order valence-electron chi connectivity index (χ0n) is 11.8. The van der Waals surface area contributed by atoms with E-state index in [1.165, 1.54) is 11.3 Å². The highest BCUT2D eigenvalue weighted by Crippen LogP contribution is 2.40. The number of nitrogens with zero attached hydrogens (tertiary/aromatic N) is 1. The van der Waals surface area contributed by atoms with Crippen LogP contribution < -0.4 is 15.4 Å². The van der Waals surface area contributed by atoms with Gasteiger partial charge in [-0.3, -0.25) is 0 Å². The molecule has 0 spiro atoms. The number of anilines is 3. The molecule has 1 aliphatic heterocycles. The first-order chi connectivity index (χ1) is 9.81. The zero-order valence-corrected chi connectivity index (χ0v) is 11.8. The molecule has 0 unspecified atom stereocenters. The van der Waals surface area contributed by atoms with Gasteiger partial charge in [0.05, 0.1) is 18.0 Å². The maximum Gasteiger partial charge on any atom is 0.144 e. The number of ether oxygens (including phenoxy) is 1. The lowest BCUT2D eigenvalue weighted by Gasteiger charge is -2.22. The maximum atomic E-state index is 6.29. The highest BCUT2D eigenvalue weighted by molar-refractivity contribution is 5.81. The van der Waals surface area contributed by atoms with Gasteiger partial charge < -0.3 is 15.4 Å². The van der Waals surface area contributed by atoms with Gasteiger partial charge in [0.25, 0.3) is 0 Å². The predicted molar refractivity (Wildman–Crippen MR) is 83.8 cm³/mol. The molecule has 0 radical (unpaired) electrons. The van der Waals surface area contributed by atoms with Gasteiger partial charge in [0.15, 0.2) is 0 Å². The van der Waals surface area contributed by atoms with Gasteiger partial charge in [0, 0.05) is 12.2 Å². The second-order valence-corrected chi connectivity index (χ2v) is 5.07. The van der Waals surface area contributed by atoms with E-state index in [9.17, 15) is 0 Å². The van der Waals surface area contributed by atoms with Crippen LogP contribution in [0.2, 0.25) is 0 Å². The molecule has 0 atom stereocenters. The Morgan fingerprint density at radius 2 is 1.90 bits per heavy atom. The van der Waals surface area contributed by atoms with Gasteiger partial charge >= 0.3 is 0 Å². The zero-order chi connectivity index (χ0) is 13.9. The minimum absolute atomic E-state index is 0.699. The molecule has 2 aromatic rings. The normalized spacial score (nSPS) is 13.3. The lowest BCUT2D eigenvalue weighted by Crippen LogP contribution is -2.15. The van der Waals surface area contributed by atoms with Crippen molar-refractivity contribution in [2.45, 2.75) is 19.8 Å². The summed E-state index contributed by atoms with van der Waals surface area (Å²) in [5.41, 5.74) is 10.7. The van der Waals surface area contributed by atoms with E-state index in [0.29, 0.717) is 6.61 Å². The Hall–Kier alpha value is -2.16. The Morgan fingerprint density at radius 1 is 1.10 bits per heavy atom. The summed E-state index contributed by atoms with van der Waals surface area (Å²) in [5, 5.41) is 0. The van der Waals surface area contributed by atoms with Gasteiger partial charge in [-0.1, -0.05) is 31.2 Å². The number of rotatable bonds is 4. The van der Waals surface area contributed by atoms with E-state index in [4.69, 9.17) is 10.5 Å². The summed E-state index contributed by atoms with van der Waals surface area (Å²) in [6.07, 6.45) is 2.05. The van der Waals surface area contributed by atoms with Crippen LogP contribution in [0.5, 0.6) is 5.75 Å². The van der Waals surface area contributed by atoms with Crippen molar-refractivity contribution in [1.29, 1.82) is 0 Å². The average Bonchev–Trinajstić information content (AvgIpc) is 2.90. The van der Waals surface area contributed by atoms with Crippen molar-refractivity contribution in [3.8, 4) is 5.75 Å². The van der Waals surface area contributed by atoms with Crippen molar-refractivity contribution < 1.29 is 4.74 Å². The highest BCUT2D eigenvalue weighted by Gasteiger charge is 2.22. The van der Waals surface area contributed by atoms with Crippen LogP contribution in [0.1, 0.15) is 18.9 Å². The molecule has 0 saturated carbocycles. The fourth-order valence-corrected chi connectivity index (χ4v) is 2.69. The van der Waals surface area contributed by atoms with Gasteiger partial charge in [-0.15, -0.1) is 0 Å². The monoisotopic (exact) mass is 268 g/mol. The molecule has 3 heteroatoms. The molecular formula is C17H20N2O. The number of fused-ring (bicyclic) bond motifs is 1. The second kappa shape index (κ2) is 5.45. The Balaban J connectivity index is 1.96. The topological polar surface area (TPSA) is 38.5 Å². The van der Waals surface area contributed by atoms with E-state index in [0.717, 1.165) is 36.5 Å². The van der Waals surface area contributed by atoms with Gasteiger partial charge in [0.1, 0.15) is 5.75 Å². The van der Waals surface area contributed by atoms with Crippen LogP contribution in [-0.2, 0) is 6.42 Å². The first kappa shape index (κ1) is 12.9. The van der Waals surface area contributed by atoms with Crippen molar-refractivity contribution in [2.75, 3.05) is 23.8 Å². The third-order valence-corrected chi connectivity index (χ3v) is 3.68. The Kier molecular flexibility index (Phi) is 3.50. The summed E-state index contributed by atoms with van der Waals surface area (Å²) < 4.78 is 5.72. The van der Waals surface area contributed by atoms with Gasteiger partial charge in [-0.25, -0.2) is 0 Å². The lowest BCUT2D eigenvalue weighted by molar-refractivity contribution is 0.319. The summed E-state index contributed by atoms with van der Waals surface area (Å²) in [6, 6.07) is 14.5. The lowest BCUT2D eigenvalue weighted by atomic mass is 10.1. The summed E-state index contributed by atoms with van der Waals surface area (Å²) in [6.45, 7) is 3.77. The fourth-order valence-electron chi connectivity index (χ4n) is 2.69.